The first-order valence-electron chi connectivity index (χ1n) is 9.63. The largest absolute Gasteiger partial charge is 0.471 e. The monoisotopic (exact) mass is 388 g/mol. The highest BCUT2D eigenvalue weighted by Gasteiger charge is 2.26. The molecule has 0 radical (unpaired) electrons. The molecule has 0 N–H and O–H groups in total. The molecule has 0 saturated carbocycles. The Morgan fingerprint density at radius 2 is 2.07 bits per heavy atom. The zero-order valence-corrected chi connectivity index (χ0v) is 16.1. The van der Waals surface area contributed by atoms with Gasteiger partial charge < -0.3 is 19.1 Å². The maximum Gasteiger partial charge on any atom is 0.232 e. The van der Waals surface area contributed by atoms with Gasteiger partial charge in [0.15, 0.2) is 6.29 Å². The van der Waals surface area contributed by atoms with Crippen LogP contribution in [0.4, 0.5) is 5.69 Å². The molecule has 144 valence electrons. The van der Waals surface area contributed by atoms with Gasteiger partial charge in [-0.15, -0.1) is 0 Å². The molecule has 2 fully saturated rings. The van der Waals surface area contributed by atoms with Gasteiger partial charge in [-0.1, -0.05) is 29.8 Å². The molecule has 5 nitrogen and oxygen atoms in total. The fourth-order valence-electron chi connectivity index (χ4n) is 3.63. The predicted octanol–water partition coefficient (Wildman–Crippen LogP) is 4.44. The highest BCUT2D eigenvalue weighted by molar-refractivity contribution is 6.31. The second kappa shape index (κ2) is 8.91. The smallest absolute Gasteiger partial charge is 0.232 e. The number of benzene rings is 1. The molecule has 27 heavy (non-hydrogen) atoms. The van der Waals surface area contributed by atoms with Gasteiger partial charge in [0, 0.05) is 37.0 Å². The average Bonchev–Trinajstić information content (AvgIpc) is 3.18. The molecule has 1 aromatic heterocycles. The molecule has 4 rings (SSSR count). The Kier molecular flexibility index (Phi) is 6.12. The number of pyridine rings is 1. The van der Waals surface area contributed by atoms with Crippen LogP contribution in [0.15, 0.2) is 42.6 Å². The van der Waals surface area contributed by atoms with Crippen molar-refractivity contribution in [2.45, 2.75) is 44.7 Å². The lowest BCUT2D eigenvalue weighted by Gasteiger charge is -2.25. The highest BCUT2D eigenvalue weighted by atomic mass is 35.5. The topological polar surface area (TPSA) is 43.8 Å². The molecule has 2 atom stereocenters. The second-order valence-corrected chi connectivity index (χ2v) is 7.41. The third kappa shape index (κ3) is 4.72. The summed E-state index contributed by atoms with van der Waals surface area (Å²) < 4.78 is 17.7. The number of ether oxygens (including phenoxy) is 3. The fraction of sp³-hybridized carbons (Fsp3) is 0.476. The molecule has 1 aromatic carbocycles. The molecule has 1 unspecified atom stereocenters. The van der Waals surface area contributed by atoms with Crippen molar-refractivity contribution in [1.82, 2.24) is 4.98 Å². The molecule has 2 aliphatic heterocycles. The van der Waals surface area contributed by atoms with Gasteiger partial charge in [0.25, 0.3) is 0 Å². The lowest BCUT2D eigenvalue weighted by atomic mass is 10.1. The van der Waals surface area contributed by atoms with E-state index in [1.807, 2.05) is 6.07 Å². The van der Waals surface area contributed by atoms with E-state index < -0.39 is 0 Å². The van der Waals surface area contributed by atoms with Crippen LogP contribution in [0.3, 0.4) is 0 Å². The van der Waals surface area contributed by atoms with E-state index in [0.29, 0.717) is 17.5 Å². The van der Waals surface area contributed by atoms with Crippen molar-refractivity contribution >= 4 is 17.3 Å². The molecule has 0 bridgehead atoms. The third-order valence-corrected chi connectivity index (χ3v) is 5.33. The van der Waals surface area contributed by atoms with E-state index >= 15 is 0 Å². The van der Waals surface area contributed by atoms with Crippen molar-refractivity contribution < 1.29 is 14.2 Å². The van der Waals surface area contributed by atoms with E-state index in [1.54, 1.807) is 12.3 Å². The van der Waals surface area contributed by atoms with Crippen LogP contribution >= 0.6 is 11.6 Å². The first-order chi connectivity index (χ1) is 13.3. The molecule has 6 heteroatoms. The van der Waals surface area contributed by atoms with Crippen molar-refractivity contribution in [2.24, 2.45) is 0 Å². The van der Waals surface area contributed by atoms with Crippen molar-refractivity contribution in [3.63, 3.8) is 0 Å². The lowest BCUT2D eigenvalue weighted by molar-refractivity contribution is -0.168. The molecular weight excluding hydrogens is 364 g/mol. The Hall–Kier alpha value is -1.82. The average molecular weight is 389 g/mol. The Morgan fingerprint density at radius 3 is 2.93 bits per heavy atom. The number of hydrogen-bond acceptors (Lipinski definition) is 5. The van der Waals surface area contributed by atoms with Crippen molar-refractivity contribution in [2.75, 3.05) is 24.6 Å². The molecule has 0 aliphatic carbocycles. The van der Waals surface area contributed by atoms with Crippen molar-refractivity contribution in [1.29, 1.82) is 0 Å². The van der Waals surface area contributed by atoms with Gasteiger partial charge in [-0.3, -0.25) is 0 Å². The quantitative estimate of drug-likeness (QED) is 0.732. The van der Waals surface area contributed by atoms with Gasteiger partial charge in [0.05, 0.1) is 13.2 Å². The number of anilines is 1. The maximum absolute atomic E-state index is 6.17. The summed E-state index contributed by atoms with van der Waals surface area (Å²) in [6, 6.07) is 12.0. The van der Waals surface area contributed by atoms with Crippen LogP contribution < -0.4 is 9.64 Å². The van der Waals surface area contributed by atoms with E-state index in [4.69, 9.17) is 25.8 Å². The van der Waals surface area contributed by atoms with Gasteiger partial charge in [-0.05, 0) is 37.5 Å². The van der Waals surface area contributed by atoms with Crippen LogP contribution in [0.1, 0.15) is 31.2 Å². The summed E-state index contributed by atoms with van der Waals surface area (Å²) in [5.41, 5.74) is 2.38. The van der Waals surface area contributed by atoms with Gasteiger partial charge in [0.1, 0.15) is 11.1 Å². The van der Waals surface area contributed by atoms with Crippen LogP contribution in [0.2, 0.25) is 5.02 Å². The summed E-state index contributed by atoms with van der Waals surface area (Å²) in [7, 11) is 0. The maximum atomic E-state index is 6.17. The van der Waals surface area contributed by atoms with Crippen LogP contribution in [0, 0.1) is 0 Å². The number of rotatable bonds is 6. The van der Waals surface area contributed by atoms with Crippen LogP contribution in [-0.4, -0.2) is 37.1 Å². The van der Waals surface area contributed by atoms with E-state index in [9.17, 15) is 0 Å². The minimum Gasteiger partial charge on any atom is -0.471 e. The minimum atomic E-state index is -0.0761. The second-order valence-electron chi connectivity index (χ2n) is 7.00. The zero-order chi connectivity index (χ0) is 18.5. The van der Waals surface area contributed by atoms with Gasteiger partial charge in [-0.2, -0.15) is 0 Å². The first-order valence-corrected chi connectivity index (χ1v) is 10.0. The molecule has 2 saturated heterocycles. The summed E-state index contributed by atoms with van der Waals surface area (Å²) in [6.45, 7) is 3.11. The molecule has 0 spiro atoms. The van der Waals surface area contributed by atoms with Crippen molar-refractivity contribution in [3.8, 4) is 5.88 Å². The Labute approximate surface area is 165 Å². The summed E-state index contributed by atoms with van der Waals surface area (Å²) in [5, 5.41) is 0.553. The SMILES string of the molecule is Clc1cccnc1O[C@H]1CCN(c2ccccc2COC2CCCCO2)C1. The van der Waals surface area contributed by atoms with Crippen molar-refractivity contribution in [3.05, 3.63) is 53.2 Å². The summed E-state index contributed by atoms with van der Waals surface area (Å²) in [6.07, 6.45) is 5.93. The normalized spacial score (nSPS) is 22.8. The molecule has 3 heterocycles. The Bertz CT molecular complexity index is 752. The van der Waals surface area contributed by atoms with E-state index in [0.717, 1.165) is 39.0 Å². The number of aromatic nitrogens is 1. The fourth-order valence-corrected chi connectivity index (χ4v) is 3.79. The molecule has 0 amide bonds. The summed E-state index contributed by atoms with van der Waals surface area (Å²) >= 11 is 6.17. The number of hydrogen-bond donors (Lipinski definition) is 0. The molecular formula is C21H25ClN2O3. The van der Waals surface area contributed by atoms with E-state index in [-0.39, 0.29) is 12.4 Å². The highest BCUT2D eigenvalue weighted by Crippen LogP contribution is 2.29. The molecule has 2 aliphatic rings. The summed E-state index contributed by atoms with van der Waals surface area (Å²) in [4.78, 5) is 6.58. The van der Waals surface area contributed by atoms with Gasteiger partial charge >= 0.3 is 0 Å². The van der Waals surface area contributed by atoms with E-state index in [1.165, 1.54) is 17.7 Å². The minimum absolute atomic E-state index is 0.0761. The third-order valence-electron chi connectivity index (χ3n) is 5.04. The first kappa shape index (κ1) is 18.5. The Balaban J connectivity index is 1.38. The lowest BCUT2D eigenvalue weighted by Crippen LogP contribution is -2.26. The van der Waals surface area contributed by atoms with Crippen LogP contribution in [0.25, 0.3) is 0 Å². The molecule has 2 aromatic rings. The number of para-hydroxylation sites is 1. The Morgan fingerprint density at radius 1 is 1.15 bits per heavy atom. The van der Waals surface area contributed by atoms with Gasteiger partial charge in [-0.25, -0.2) is 4.98 Å². The van der Waals surface area contributed by atoms with E-state index in [2.05, 4.69) is 34.1 Å². The predicted molar refractivity (Wildman–Crippen MR) is 105 cm³/mol. The van der Waals surface area contributed by atoms with Crippen LogP contribution in [0.5, 0.6) is 5.88 Å². The zero-order valence-electron chi connectivity index (χ0n) is 15.4. The number of halogens is 1. The standard InChI is InChI=1S/C21H25ClN2O3/c22-18-7-5-11-23-21(18)27-17-10-12-24(14-17)19-8-2-1-6-16(19)15-26-20-9-3-4-13-25-20/h1-2,5-8,11,17,20H,3-4,9-10,12-15H2/t17-,20?/m0/s1. The van der Waals surface area contributed by atoms with Gasteiger partial charge in [0.2, 0.25) is 5.88 Å². The summed E-state index contributed by atoms with van der Waals surface area (Å²) in [5.74, 6) is 0.511. The van der Waals surface area contributed by atoms with Crippen LogP contribution in [-0.2, 0) is 16.1 Å². The number of nitrogens with zero attached hydrogens (tertiary/aromatic N) is 2.